The minimum atomic E-state index is -1.40. The van der Waals surface area contributed by atoms with Gasteiger partial charge in [0.2, 0.25) is 11.6 Å². The van der Waals surface area contributed by atoms with Gasteiger partial charge in [-0.2, -0.15) is 8.78 Å². The normalized spacial score (nSPS) is 10.6. The number of nitro groups is 1. The number of carbonyl (C=O) groups is 1. The third-order valence-corrected chi connectivity index (χ3v) is 1.68. The predicted octanol–water partition coefficient (Wildman–Crippen LogP) is 1.97. The first-order valence-corrected chi connectivity index (χ1v) is 3.97. The second-order valence-electron chi connectivity index (χ2n) is 2.73. The number of aliphatic carboxylic acids is 1. The quantitative estimate of drug-likeness (QED) is 0.488. The highest BCUT2D eigenvalue weighted by atomic mass is 19.1. The molecule has 16 heavy (non-hydrogen) atoms. The zero-order chi connectivity index (χ0) is 12.3. The highest BCUT2D eigenvalue weighted by Gasteiger charge is 2.22. The van der Waals surface area contributed by atoms with E-state index in [1.54, 1.807) is 0 Å². The number of hydrogen-bond acceptors (Lipinski definition) is 3. The van der Waals surface area contributed by atoms with Crippen molar-refractivity contribution in [1.82, 2.24) is 0 Å². The predicted molar refractivity (Wildman–Crippen MR) is 49.7 cm³/mol. The molecule has 7 heteroatoms. The highest BCUT2D eigenvalue weighted by Crippen LogP contribution is 2.24. The van der Waals surface area contributed by atoms with E-state index in [0.717, 1.165) is 12.1 Å². The first kappa shape index (κ1) is 11.8. The lowest BCUT2D eigenvalue weighted by atomic mass is 10.1. The second-order valence-corrected chi connectivity index (χ2v) is 2.73. The van der Waals surface area contributed by atoms with E-state index in [4.69, 9.17) is 5.11 Å². The number of nitro benzene ring substituents is 1. The van der Waals surface area contributed by atoms with Crippen molar-refractivity contribution >= 4 is 17.7 Å². The Morgan fingerprint density at radius 1 is 1.44 bits per heavy atom. The lowest BCUT2D eigenvalue weighted by Crippen LogP contribution is -1.98. The summed E-state index contributed by atoms with van der Waals surface area (Å²) >= 11 is 0. The van der Waals surface area contributed by atoms with Gasteiger partial charge >= 0.3 is 11.7 Å². The molecule has 0 radical (unpaired) electrons. The summed E-state index contributed by atoms with van der Waals surface area (Å²) in [7, 11) is 0. The molecule has 1 aromatic carbocycles. The van der Waals surface area contributed by atoms with Crippen molar-refractivity contribution in [3.8, 4) is 0 Å². The molecule has 0 unspecified atom stereocenters. The first-order chi connectivity index (χ1) is 7.43. The number of rotatable bonds is 3. The maximum atomic E-state index is 13.3. The van der Waals surface area contributed by atoms with Crippen molar-refractivity contribution in [3.63, 3.8) is 0 Å². The molecule has 0 bridgehead atoms. The Kier molecular flexibility index (Phi) is 3.29. The molecule has 0 saturated carbocycles. The molecule has 0 atom stereocenters. The SMILES string of the molecule is O=C(O)/C=C/c1ccc(F)c([N+](=O)[O-])c1F. The van der Waals surface area contributed by atoms with Gasteiger partial charge in [0.05, 0.1) is 4.92 Å². The summed E-state index contributed by atoms with van der Waals surface area (Å²) in [5.41, 5.74) is -1.66. The fourth-order valence-electron chi connectivity index (χ4n) is 1.01. The molecule has 0 aliphatic heterocycles. The van der Waals surface area contributed by atoms with Gasteiger partial charge in [-0.05, 0) is 18.2 Å². The first-order valence-electron chi connectivity index (χ1n) is 3.97. The molecule has 84 valence electrons. The minimum Gasteiger partial charge on any atom is -0.478 e. The number of carboxylic acid groups (broad SMARTS) is 1. The largest absolute Gasteiger partial charge is 0.478 e. The summed E-state index contributed by atoms with van der Waals surface area (Å²) in [6.07, 6.45) is 1.41. The summed E-state index contributed by atoms with van der Waals surface area (Å²) in [4.78, 5) is 19.3. The number of nitrogens with zero attached hydrogens (tertiary/aromatic N) is 1. The lowest BCUT2D eigenvalue weighted by Gasteiger charge is -1.99. The van der Waals surface area contributed by atoms with E-state index >= 15 is 0 Å². The van der Waals surface area contributed by atoms with Crippen LogP contribution in [0, 0.1) is 21.7 Å². The average Bonchev–Trinajstić information content (AvgIpc) is 2.15. The summed E-state index contributed by atoms with van der Waals surface area (Å²) in [5, 5.41) is 18.6. The average molecular weight is 229 g/mol. The van der Waals surface area contributed by atoms with E-state index in [2.05, 4.69) is 0 Å². The van der Waals surface area contributed by atoms with E-state index in [9.17, 15) is 23.7 Å². The Labute approximate surface area is 87.8 Å². The number of benzene rings is 1. The monoisotopic (exact) mass is 229 g/mol. The van der Waals surface area contributed by atoms with Crippen molar-refractivity contribution in [2.75, 3.05) is 0 Å². The highest BCUT2D eigenvalue weighted by molar-refractivity contribution is 5.85. The molecule has 0 aromatic heterocycles. The molecule has 0 fully saturated rings. The van der Waals surface area contributed by atoms with E-state index in [0.29, 0.717) is 12.1 Å². The summed E-state index contributed by atoms with van der Waals surface area (Å²) in [5.74, 6) is -4.05. The zero-order valence-corrected chi connectivity index (χ0v) is 7.68. The van der Waals surface area contributed by atoms with Gasteiger partial charge in [0.1, 0.15) is 0 Å². The Bertz CT molecular complexity index is 485. The third-order valence-electron chi connectivity index (χ3n) is 1.68. The summed E-state index contributed by atoms with van der Waals surface area (Å²) in [6, 6.07) is 1.61. The molecule has 5 nitrogen and oxygen atoms in total. The van der Waals surface area contributed by atoms with Crippen LogP contribution in [0.2, 0.25) is 0 Å². The van der Waals surface area contributed by atoms with Gasteiger partial charge in [0, 0.05) is 11.6 Å². The Balaban J connectivity index is 3.29. The maximum Gasteiger partial charge on any atom is 0.340 e. The topological polar surface area (TPSA) is 80.4 Å². The van der Waals surface area contributed by atoms with Crippen LogP contribution in [0.3, 0.4) is 0 Å². The van der Waals surface area contributed by atoms with Crippen LogP contribution in [0.4, 0.5) is 14.5 Å². The van der Waals surface area contributed by atoms with Crippen LogP contribution in [0.5, 0.6) is 0 Å². The number of halogens is 2. The van der Waals surface area contributed by atoms with E-state index in [1.165, 1.54) is 0 Å². The molecular formula is C9H5F2NO4. The van der Waals surface area contributed by atoms with Gasteiger partial charge in [0.15, 0.2) is 0 Å². The molecule has 0 spiro atoms. The van der Waals surface area contributed by atoms with Crippen molar-refractivity contribution in [3.05, 3.63) is 45.5 Å². The van der Waals surface area contributed by atoms with Crippen LogP contribution in [0.1, 0.15) is 5.56 Å². The standard InChI is InChI=1S/C9H5F2NO4/c10-6-3-1-5(2-4-7(13)14)8(11)9(6)12(15)16/h1-4H,(H,13,14)/b4-2+. The van der Waals surface area contributed by atoms with Gasteiger partial charge in [-0.25, -0.2) is 4.79 Å². The molecule has 1 N–H and O–H groups in total. The van der Waals surface area contributed by atoms with Crippen LogP contribution < -0.4 is 0 Å². The van der Waals surface area contributed by atoms with Crippen LogP contribution in [0.15, 0.2) is 18.2 Å². The number of carboxylic acids is 1. The molecular weight excluding hydrogens is 224 g/mol. The molecule has 0 aliphatic carbocycles. The Morgan fingerprint density at radius 3 is 2.56 bits per heavy atom. The fourth-order valence-corrected chi connectivity index (χ4v) is 1.01. The van der Waals surface area contributed by atoms with Crippen LogP contribution in [-0.2, 0) is 4.79 Å². The summed E-state index contributed by atoms with van der Waals surface area (Å²) < 4.78 is 26.2. The third kappa shape index (κ3) is 2.38. The fraction of sp³-hybridized carbons (Fsp3) is 0. The van der Waals surface area contributed by atoms with Crippen molar-refractivity contribution in [2.45, 2.75) is 0 Å². The van der Waals surface area contributed by atoms with E-state index < -0.39 is 28.2 Å². The molecule has 0 aliphatic rings. The van der Waals surface area contributed by atoms with E-state index in [1.807, 2.05) is 0 Å². The van der Waals surface area contributed by atoms with Gasteiger partial charge in [-0.15, -0.1) is 0 Å². The van der Waals surface area contributed by atoms with Crippen LogP contribution in [0.25, 0.3) is 6.08 Å². The Hall–Kier alpha value is -2.31. The van der Waals surface area contributed by atoms with Gasteiger partial charge in [0.25, 0.3) is 0 Å². The number of hydrogen-bond donors (Lipinski definition) is 1. The van der Waals surface area contributed by atoms with Gasteiger partial charge in [-0.1, -0.05) is 0 Å². The second kappa shape index (κ2) is 4.47. The minimum absolute atomic E-state index is 0.365. The smallest absolute Gasteiger partial charge is 0.340 e. The lowest BCUT2D eigenvalue weighted by molar-refractivity contribution is -0.390. The molecule has 0 saturated heterocycles. The Morgan fingerprint density at radius 2 is 2.06 bits per heavy atom. The van der Waals surface area contributed by atoms with Crippen LogP contribution in [-0.4, -0.2) is 16.0 Å². The zero-order valence-electron chi connectivity index (χ0n) is 7.68. The van der Waals surface area contributed by atoms with Crippen molar-refractivity contribution < 1.29 is 23.6 Å². The van der Waals surface area contributed by atoms with Crippen molar-refractivity contribution in [1.29, 1.82) is 0 Å². The molecule has 1 rings (SSSR count). The van der Waals surface area contributed by atoms with Gasteiger partial charge in [-0.3, -0.25) is 10.1 Å². The molecule has 1 aromatic rings. The summed E-state index contributed by atoms with van der Waals surface area (Å²) in [6.45, 7) is 0. The molecule has 0 amide bonds. The molecule has 0 heterocycles. The maximum absolute atomic E-state index is 13.3. The van der Waals surface area contributed by atoms with Crippen molar-refractivity contribution in [2.24, 2.45) is 0 Å². The van der Waals surface area contributed by atoms with E-state index in [-0.39, 0.29) is 5.56 Å². The van der Waals surface area contributed by atoms with Crippen LogP contribution >= 0.6 is 0 Å². The van der Waals surface area contributed by atoms with Gasteiger partial charge < -0.3 is 5.11 Å².